The number of amides is 4. The highest BCUT2D eigenvalue weighted by Crippen LogP contribution is 2.41. The second-order valence-corrected chi connectivity index (χ2v) is 7.48. The molecule has 1 aliphatic heterocycles. The molecule has 1 aromatic rings. The molecule has 6 nitrogen and oxygen atoms in total. The van der Waals surface area contributed by atoms with Gasteiger partial charge in [-0.15, -0.1) is 0 Å². The highest BCUT2D eigenvalue weighted by atomic mass is 19.1. The molecule has 3 rings (SSSR count). The summed E-state index contributed by atoms with van der Waals surface area (Å²) in [5.41, 5.74) is 6.87. The number of alkyl halides is 1. The maximum absolute atomic E-state index is 14.8. The standard InChI is InChI=1S/C19H23F2N3O3/c1-9(2)24-18(26)13(17(25)23-19(24)27)8-15(21)16(22)12-7-11(10-3-4-10)5-6-14(12)20/h5-7,9-10,13,15-16H,3-4,8,22H2,1-2H3,(H,23,25,27)/t13?,15-,16-/m0/s1. The van der Waals surface area contributed by atoms with Gasteiger partial charge in [-0.1, -0.05) is 12.1 Å². The Kier molecular flexibility index (Phi) is 5.28. The van der Waals surface area contributed by atoms with Gasteiger partial charge in [0.1, 0.15) is 17.9 Å². The van der Waals surface area contributed by atoms with Crippen molar-refractivity contribution in [2.45, 2.75) is 57.3 Å². The number of carbonyl (C=O) groups is 3. The minimum atomic E-state index is -1.82. The van der Waals surface area contributed by atoms with Gasteiger partial charge in [-0.25, -0.2) is 13.6 Å². The van der Waals surface area contributed by atoms with Gasteiger partial charge in [0.15, 0.2) is 0 Å². The average Bonchev–Trinajstić information content (AvgIpc) is 3.42. The summed E-state index contributed by atoms with van der Waals surface area (Å²) in [6, 6.07) is 1.89. The van der Waals surface area contributed by atoms with E-state index in [1.165, 1.54) is 6.07 Å². The number of barbiturate groups is 1. The number of carbonyl (C=O) groups excluding carboxylic acids is 3. The molecule has 1 aromatic carbocycles. The molecule has 1 heterocycles. The monoisotopic (exact) mass is 379 g/mol. The summed E-state index contributed by atoms with van der Waals surface area (Å²) in [5.74, 6) is -3.26. The smallest absolute Gasteiger partial charge is 0.321 e. The van der Waals surface area contributed by atoms with E-state index >= 15 is 0 Å². The first-order valence-corrected chi connectivity index (χ1v) is 9.07. The van der Waals surface area contributed by atoms with Crippen molar-refractivity contribution in [3.63, 3.8) is 0 Å². The minimum Gasteiger partial charge on any atom is -0.321 e. The van der Waals surface area contributed by atoms with Crippen molar-refractivity contribution in [3.05, 3.63) is 35.1 Å². The van der Waals surface area contributed by atoms with Crippen LogP contribution >= 0.6 is 0 Å². The third-order valence-corrected chi connectivity index (χ3v) is 5.10. The zero-order chi connectivity index (χ0) is 19.9. The third kappa shape index (κ3) is 3.85. The predicted molar refractivity (Wildman–Crippen MR) is 93.8 cm³/mol. The molecule has 2 fully saturated rings. The fraction of sp³-hybridized carbons (Fsp3) is 0.526. The molecule has 4 amide bonds. The lowest BCUT2D eigenvalue weighted by atomic mass is 9.90. The van der Waals surface area contributed by atoms with Crippen LogP contribution in [0.3, 0.4) is 0 Å². The van der Waals surface area contributed by atoms with Gasteiger partial charge in [-0.05, 0) is 44.2 Å². The lowest BCUT2D eigenvalue weighted by Gasteiger charge is -2.33. The summed E-state index contributed by atoms with van der Waals surface area (Å²) in [6.45, 7) is 3.23. The summed E-state index contributed by atoms with van der Waals surface area (Å²) in [4.78, 5) is 37.2. The summed E-state index contributed by atoms with van der Waals surface area (Å²) in [7, 11) is 0. The summed E-state index contributed by atoms with van der Waals surface area (Å²) in [6.07, 6.45) is -0.323. The maximum Gasteiger partial charge on any atom is 0.331 e. The molecule has 3 atom stereocenters. The van der Waals surface area contributed by atoms with Crippen LogP contribution in [0.5, 0.6) is 0 Å². The van der Waals surface area contributed by atoms with Crippen molar-refractivity contribution in [2.24, 2.45) is 11.7 Å². The van der Waals surface area contributed by atoms with Crippen molar-refractivity contribution in [1.29, 1.82) is 0 Å². The number of nitrogens with two attached hydrogens (primary N) is 1. The van der Waals surface area contributed by atoms with Crippen molar-refractivity contribution in [2.75, 3.05) is 0 Å². The quantitative estimate of drug-likeness (QED) is 0.743. The topological polar surface area (TPSA) is 92.5 Å². The van der Waals surface area contributed by atoms with Crippen LogP contribution < -0.4 is 11.1 Å². The first-order chi connectivity index (χ1) is 12.7. The van der Waals surface area contributed by atoms with Gasteiger partial charge in [0.2, 0.25) is 11.8 Å². The van der Waals surface area contributed by atoms with E-state index in [9.17, 15) is 23.2 Å². The fourth-order valence-electron chi connectivity index (χ4n) is 3.38. The fourth-order valence-corrected chi connectivity index (χ4v) is 3.38. The molecule has 1 saturated carbocycles. The number of nitrogens with one attached hydrogen (secondary N) is 1. The van der Waals surface area contributed by atoms with Crippen LogP contribution in [0.2, 0.25) is 0 Å². The van der Waals surface area contributed by atoms with Crippen LogP contribution in [-0.2, 0) is 9.59 Å². The Bertz CT molecular complexity index is 779. The zero-order valence-electron chi connectivity index (χ0n) is 15.2. The van der Waals surface area contributed by atoms with Crippen LogP contribution in [0.1, 0.15) is 56.2 Å². The van der Waals surface area contributed by atoms with Crippen molar-refractivity contribution < 1.29 is 23.2 Å². The summed E-state index contributed by atoms with van der Waals surface area (Å²) < 4.78 is 29.0. The molecule has 27 heavy (non-hydrogen) atoms. The van der Waals surface area contributed by atoms with E-state index in [0.717, 1.165) is 23.3 Å². The van der Waals surface area contributed by atoms with Crippen LogP contribution in [0.25, 0.3) is 0 Å². The van der Waals surface area contributed by atoms with Gasteiger partial charge in [-0.2, -0.15) is 0 Å². The number of nitrogens with zero attached hydrogens (tertiary/aromatic N) is 1. The number of hydrogen-bond acceptors (Lipinski definition) is 4. The molecular formula is C19H23F2N3O3. The highest BCUT2D eigenvalue weighted by Gasteiger charge is 2.43. The number of rotatable bonds is 6. The van der Waals surface area contributed by atoms with E-state index in [2.05, 4.69) is 5.32 Å². The molecule has 0 radical (unpaired) electrons. The number of benzene rings is 1. The first-order valence-electron chi connectivity index (χ1n) is 9.07. The normalized spacial score (nSPS) is 22.8. The van der Waals surface area contributed by atoms with Gasteiger partial charge in [-0.3, -0.25) is 19.8 Å². The number of hydrogen-bond donors (Lipinski definition) is 2. The van der Waals surface area contributed by atoms with Crippen molar-refractivity contribution in [1.82, 2.24) is 10.2 Å². The Labute approximate surface area is 156 Å². The van der Waals surface area contributed by atoms with E-state index in [-0.39, 0.29) is 5.56 Å². The third-order valence-electron chi connectivity index (χ3n) is 5.10. The van der Waals surface area contributed by atoms with E-state index in [4.69, 9.17) is 5.73 Å². The molecule has 8 heteroatoms. The SMILES string of the molecule is CC(C)N1C(=O)NC(=O)C(C[C@H](F)[C@@H](N)c2cc(C3CC3)ccc2F)C1=O. The Morgan fingerprint density at radius 2 is 1.93 bits per heavy atom. The molecular weight excluding hydrogens is 356 g/mol. The Balaban J connectivity index is 1.76. The van der Waals surface area contributed by atoms with Crippen molar-refractivity contribution in [3.8, 4) is 0 Å². The van der Waals surface area contributed by atoms with E-state index in [1.807, 2.05) is 0 Å². The van der Waals surface area contributed by atoms with E-state index < -0.39 is 54.3 Å². The highest BCUT2D eigenvalue weighted by molar-refractivity contribution is 6.16. The molecule has 2 aliphatic rings. The van der Waals surface area contributed by atoms with Crippen LogP contribution in [0, 0.1) is 11.7 Å². The number of imide groups is 2. The van der Waals surface area contributed by atoms with Gasteiger partial charge >= 0.3 is 6.03 Å². The molecule has 0 aromatic heterocycles. The Morgan fingerprint density at radius 1 is 1.26 bits per heavy atom. The molecule has 146 valence electrons. The lowest BCUT2D eigenvalue weighted by Crippen LogP contribution is -2.60. The minimum absolute atomic E-state index is 0.0346. The van der Waals surface area contributed by atoms with E-state index in [1.54, 1.807) is 26.0 Å². The maximum atomic E-state index is 14.8. The van der Waals surface area contributed by atoms with Crippen molar-refractivity contribution >= 4 is 17.8 Å². The van der Waals surface area contributed by atoms with Crippen LogP contribution in [0.4, 0.5) is 13.6 Å². The zero-order valence-corrected chi connectivity index (χ0v) is 15.2. The Morgan fingerprint density at radius 3 is 2.52 bits per heavy atom. The molecule has 0 bridgehead atoms. The molecule has 1 aliphatic carbocycles. The largest absolute Gasteiger partial charge is 0.331 e. The second-order valence-electron chi connectivity index (χ2n) is 7.48. The van der Waals surface area contributed by atoms with Gasteiger partial charge in [0.05, 0.1) is 6.04 Å². The van der Waals surface area contributed by atoms with Gasteiger partial charge in [0, 0.05) is 18.0 Å². The lowest BCUT2D eigenvalue weighted by molar-refractivity contribution is -0.144. The Hall–Kier alpha value is -2.35. The number of urea groups is 1. The molecule has 1 saturated heterocycles. The second kappa shape index (κ2) is 7.34. The van der Waals surface area contributed by atoms with Gasteiger partial charge < -0.3 is 5.73 Å². The van der Waals surface area contributed by atoms with E-state index in [0.29, 0.717) is 5.92 Å². The predicted octanol–water partition coefficient (Wildman–Crippen LogP) is 2.53. The average molecular weight is 379 g/mol. The summed E-state index contributed by atoms with van der Waals surface area (Å²) >= 11 is 0. The van der Waals surface area contributed by atoms with Crippen LogP contribution in [-0.4, -0.2) is 35.0 Å². The van der Waals surface area contributed by atoms with Crippen LogP contribution in [0.15, 0.2) is 18.2 Å². The molecule has 3 N–H and O–H groups in total. The molecule has 0 spiro atoms. The van der Waals surface area contributed by atoms with Gasteiger partial charge in [0.25, 0.3) is 0 Å². The summed E-state index contributed by atoms with van der Waals surface area (Å²) in [5, 5.41) is 2.06. The first kappa shape index (κ1) is 19.4. The number of halogens is 2. The molecule has 1 unspecified atom stereocenters.